The number of hydrogen-bond donors (Lipinski definition) is 1. The molecule has 0 aliphatic carbocycles. The summed E-state index contributed by atoms with van der Waals surface area (Å²) in [7, 11) is 2.01. The minimum absolute atomic E-state index is 0.379. The quantitative estimate of drug-likeness (QED) is 0.800. The third-order valence-corrected chi connectivity index (χ3v) is 2.88. The summed E-state index contributed by atoms with van der Waals surface area (Å²) in [5.41, 5.74) is 2.45. The molecule has 2 heteroatoms. The third-order valence-electron chi connectivity index (χ3n) is 2.88. The van der Waals surface area contributed by atoms with Crippen LogP contribution in [0.25, 0.3) is 0 Å². The molecule has 0 saturated carbocycles. The van der Waals surface area contributed by atoms with Crippen LogP contribution < -0.4 is 5.32 Å². The Labute approximate surface area is 93.1 Å². The molecule has 0 aliphatic heterocycles. The van der Waals surface area contributed by atoms with Crippen LogP contribution in [0.3, 0.4) is 0 Å². The van der Waals surface area contributed by atoms with Gasteiger partial charge in [0, 0.05) is 6.20 Å². The Hall–Kier alpha value is -0.890. The van der Waals surface area contributed by atoms with Gasteiger partial charge < -0.3 is 5.32 Å². The lowest BCUT2D eigenvalue weighted by molar-refractivity contribution is 0.377. The molecule has 0 aromatic carbocycles. The Morgan fingerprint density at radius 1 is 1.47 bits per heavy atom. The average molecular weight is 206 g/mol. The van der Waals surface area contributed by atoms with Crippen molar-refractivity contribution in [2.45, 2.75) is 39.7 Å². The zero-order valence-electron chi connectivity index (χ0n) is 10.2. The van der Waals surface area contributed by atoms with Crippen LogP contribution in [0.5, 0.6) is 0 Å². The number of aryl methyl sites for hydroxylation is 1. The second-order valence-corrected chi connectivity index (χ2v) is 4.29. The lowest BCUT2D eigenvalue weighted by Gasteiger charge is -2.22. The summed E-state index contributed by atoms with van der Waals surface area (Å²) < 4.78 is 0. The largest absolute Gasteiger partial charge is 0.311 e. The molecule has 84 valence electrons. The first-order chi connectivity index (χ1) is 7.19. The SMILES string of the molecule is CCCC(C)C(NC)c1cc(C)ccn1. The Kier molecular flexibility index (Phi) is 4.76. The standard InChI is InChI=1S/C13H22N2/c1-5-6-11(3)13(14-4)12-9-10(2)7-8-15-12/h7-9,11,13-14H,5-6H2,1-4H3. The van der Waals surface area contributed by atoms with E-state index in [1.54, 1.807) is 0 Å². The molecular formula is C13H22N2. The monoisotopic (exact) mass is 206 g/mol. The van der Waals surface area contributed by atoms with E-state index in [1.807, 2.05) is 19.3 Å². The number of aromatic nitrogens is 1. The minimum Gasteiger partial charge on any atom is -0.311 e. The predicted molar refractivity (Wildman–Crippen MR) is 64.8 cm³/mol. The van der Waals surface area contributed by atoms with E-state index in [0.717, 1.165) is 0 Å². The highest BCUT2D eigenvalue weighted by molar-refractivity contribution is 5.17. The molecule has 1 heterocycles. The number of pyridine rings is 1. The van der Waals surface area contributed by atoms with Crippen LogP contribution in [0, 0.1) is 12.8 Å². The molecule has 2 atom stereocenters. The van der Waals surface area contributed by atoms with Gasteiger partial charge in [-0.1, -0.05) is 20.3 Å². The van der Waals surface area contributed by atoms with E-state index in [1.165, 1.54) is 24.1 Å². The van der Waals surface area contributed by atoms with E-state index in [0.29, 0.717) is 12.0 Å². The molecule has 0 amide bonds. The lowest BCUT2D eigenvalue weighted by atomic mass is 9.93. The first-order valence-electron chi connectivity index (χ1n) is 5.78. The highest BCUT2D eigenvalue weighted by Gasteiger charge is 2.17. The molecule has 1 aromatic heterocycles. The third kappa shape index (κ3) is 3.31. The summed E-state index contributed by atoms with van der Waals surface area (Å²) in [6, 6.07) is 4.60. The van der Waals surface area contributed by atoms with Crippen molar-refractivity contribution >= 4 is 0 Å². The van der Waals surface area contributed by atoms with E-state index in [-0.39, 0.29) is 0 Å². The van der Waals surface area contributed by atoms with Gasteiger partial charge >= 0.3 is 0 Å². The van der Waals surface area contributed by atoms with Gasteiger partial charge in [0.05, 0.1) is 11.7 Å². The predicted octanol–water partition coefficient (Wildman–Crippen LogP) is 3.09. The molecule has 2 unspecified atom stereocenters. The van der Waals surface area contributed by atoms with Crippen molar-refractivity contribution in [3.8, 4) is 0 Å². The van der Waals surface area contributed by atoms with Crippen LogP contribution in [-0.2, 0) is 0 Å². The Balaban J connectivity index is 2.82. The Morgan fingerprint density at radius 3 is 2.73 bits per heavy atom. The second kappa shape index (κ2) is 5.86. The molecule has 0 bridgehead atoms. The highest BCUT2D eigenvalue weighted by Crippen LogP contribution is 2.23. The summed E-state index contributed by atoms with van der Waals surface area (Å²) in [5, 5.41) is 3.37. The molecule has 1 rings (SSSR count). The molecule has 0 aliphatic rings. The second-order valence-electron chi connectivity index (χ2n) is 4.29. The van der Waals surface area contributed by atoms with Gasteiger partial charge in [-0.05, 0) is 44.0 Å². The van der Waals surface area contributed by atoms with Crippen molar-refractivity contribution in [1.29, 1.82) is 0 Å². The Bertz CT molecular complexity index is 296. The van der Waals surface area contributed by atoms with Crippen molar-refractivity contribution in [2.24, 2.45) is 5.92 Å². The first-order valence-corrected chi connectivity index (χ1v) is 5.78. The molecule has 0 fully saturated rings. The fourth-order valence-electron chi connectivity index (χ4n) is 2.08. The van der Waals surface area contributed by atoms with Gasteiger partial charge in [-0.2, -0.15) is 0 Å². The molecule has 1 N–H and O–H groups in total. The smallest absolute Gasteiger partial charge is 0.0578 e. The van der Waals surface area contributed by atoms with E-state index in [9.17, 15) is 0 Å². The maximum Gasteiger partial charge on any atom is 0.0578 e. The van der Waals surface area contributed by atoms with Crippen molar-refractivity contribution in [3.63, 3.8) is 0 Å². The van der Waals surface area contributed by atoms with Crippen molar-refractivity contribution in [1.82, 2.24) is 10.3 Å². The van der Waals surface area contributed by atoms with Crippen LogP contribution in [0.2, 0.25) is 0 Å². The van der Waals surface area contributed by atoms with Crippen LogP contribution in [0.15, 0.2) is 18.3 Å². The Morgan fingerprint density at radius 2 is 2.20 bits per heavy atom. The molecular weight excluding hydrogens is 184 g/mol. The van der Waals surface area contributed by atoms with Gasteiger partial charge in [-0.15, -0.1) is 0 Å². The van der Waals surface area contributed by atoms with Gasteiger partial charge in [-0.3, -0.25) is 4.98 Å². The average Bonchev–Trinajstić information content (AvgIpc) is 2.19. The summed E-state index contributed by atoms with van der Waals surface area (Å²) in [6.07, 6.45) is 4.36. The van der Waals surface area contributed by atoms with Gasteiger partial charge in [-0.25, -0.2) is 0 Å². The van der Waals surface area contributed by atoms with Crippen molar-refractivity contribution in [3.05, 3.63) is 29.6 Å². The lowest BCUT2D eigenvalue weighted by Crippen LogP contribution is -2.24. The molecule has 0 saturated heterocycles. The van der Waals surface area contributed by atoms with Crippen LogP contribution in [0.4, 0.5) is 0 Å². The maximum atomic E-state index is 4.45. The van der Waals surface area contributed by atoms with Crippen molar-refractivity contribution < 1.29 is 0 Å². The van der Waals surface area contributed by atoms with Gasteiger partial charge in [0.15, 0.2) is 0 Å². The van der Waals surface area contributed by atoms with Gasteiger partial charge in [0.2, 0.25) is 0 Å². The fourth-order valence-corrected chi connectivity index (χ4v) is 2.08. The highest BCUT2D eigenvalue weighted by atomic mass is 14.9. The normalized spacial score (nSPS) is 14.9. The van der Waals surface area contributed by atoms with Gasteiger partial charge in [0.25, 0.3) is 0 Å². The number of nitrogens with zero attached hydrogens (tertiary/aromatic N) is 1. The van der Waals surface area contributed by atoms with E-state index >= 15 is 0 Å². The number of rotatable bonds is 5. The first kappa shape index (κ1) is 12.2. The van der Waals surface area contributed by atoms with E-state index in [4.69, 9.17) is 0 Å². The molecule has 0 radical (unpaired) electrons. The minimum atomic E-state index is 0.379. The number of hydrogen-bond acceptors (Lipinski definition) is 2. The summed E-state index contributed by atoms with van der Waals surface area (Å²) in [4.78, 5) is 4.45. The van der Waals surface area contributed by atoms with Crippen LogP contribution in [0.1, 0.15) is 44.0 Å². The summed E-state index contributed by atoms with van der Waals surface area (Å²) in [6.45, 7) is 6.63. The van der Waals surface area contributed by atoms with Gasteiger partial charge in [0.1, 0.15) is 0 Å². The molecule has 15 heavy (non-hydrogen) atoms. The zero-order chi connectivity index (χ0) is 11.3. The summed E-state index contributed by atoms with van der Waals surface area (Å²) in [5.74, 6) is 0.634. The summed E-state index contributed by atoms with van der Waals surface area (Å²) >= 11 is 0. The van der Waals surface area contributed by atoms with E-state index in [2.05, 4.69) is 37.1 Å². The van der Waals surface area contributed by atoms with Crippen LogP contribution >= 0.6 is 0 Å². The molecule has 2 nitrogen and oxygen atoms in total. The maximum absolute atomic E-state index is 4.45. The zero-order valence-corrected chi connectivity index (χ0v) is 10.2. The number of nitrogens with one attached hydrogen (secondary N) is 1. The van der Waals surface area contributed by atoms with E-state index < -0.39 is 0 Å². The topological polar surface area (TPSA) is 24.9 Å². The molecule has 0 spiro atoms. The van der Waals surface area contributed by atoms with Crippen LogP contribution in [-0.4, -0.2) is 12.0 Å². The molecule has 1 aromatic rings. The van der Waals surface area contributed by atoms with Crippen molar-refractivity contribution in [2.75, 3.05) is 7.05 Å². The fraction of sp³-hybridized carbons (Fsp3) is 0.615.